The lowest BCUT2D eigenvalue weighted by Crippen LogP contribution is -2.38. The zero-order valence-electron chi connectivity index (χ0n) is 20.9. The van der Waals surface area contributed by atoms with Crippen LogP contribution in [0.1, 0.15) is 44.7 Å². The lowest BCUT2D eigenvalue weighted by atomic mass is 9.70. The first-order valence-electron chi connectivity index (χ1n) is 11.9. The molecule has 184 valence electrons. The van der Waals surface area contributed by atoms with Crippen molar-refractivity contribution in [3.63, 3.8) is 0 Å². The van der Waals surface area contributed by atoms with Crippen LogP contribution in [0.5, 0.6) is 0 Å². The van der Waals surface area contributed by atoms with Crippen molar-refractivity contribution in [2.45, 2.75) is 52.0 Å². The second kappa shape index (κ2) is 11.3. The largest absolute Gasteiger partial charge is 0.341 e. The van der Waals surface area contributed by atoms with Gasteiger partial charge in [-0.05, 0) is 67.7 Å². The van der Waals surface area contributed by atoms with Gasteiger partial charge >= 0.3 is 0 Å². The van der Waals surface area contributed by atoms with Gasteiger partial charge < -0.3 is 4.90 Å². The van der Waals surface area contributed by atoms with Crippen LogP contribution in [0.15, 0.2) is 65.3 Å². The summed E-state index contributed by atoms with van der Waals surface area (Å²) in [7, 11) is -1.73. The molecule has 6 nitrogen and oxygen atoms in total. The highest BCUT2D eigenvalue weighted by Crippen LogP contribution is 2.39. The molecule has 3 rings (SSSR count). The number of carbonyl (C=O) groups is 1. The van der Waals surface area contributed by atoms with E-state index in [4.69, 9.17) is 0 Å². The standard InChI is InChI=1S/C27H37N3O3S/c1-19(2)26-14-23(15-27(31)30(5)18-22-7-6-12-28-16-22)21(4)13-24(26)17-29-34(32,33)25-10-8-20(3)9-11-25/h6-13,16,19,23-24,26,29H,14-15,17-18H2,1-5H3/t23-,24+,26-/m0/s1. The molecule has 1 aliphatic rings. The van der Waals surface area contributed by atoms with Gasteiger partial charge in [0, 0.05) is 39.0 Å². The van der Waals surface area contributed by atoms with Crippen LogP contribution >= 0.6 is 0 Å². The highest BCUT2D eigenvalue weighted by molar-refractivity contribution is 7.89. The molecule has 1 aromatic heterocycles. The van der Waals surface area contributed by atoms with Crippen molar-refractivity contribution in [3.05, 3.63) is 71.6 Å². The number of carbonyl (C=O) groups excluding carboxylic acids is 1. The van der Waals surface area contributed by atoms with Crippen LogP contribution in [0, 0.1) is 30.6 Å². The Labute approximate surface area is 204 Å². The molecule has 0 unspecified atom stereocenters. The second-order valence-electron chi connectivity index (χ2n) is 9.90. The van der Waals surface area contributed by atoms with Crippen LogP contribution in [0.4, 0.5) is 0 Å². The minimum atomic E-state index is -3.56. The van der Waals surface area contributed by atoms with Crippen molar-refractivity contribution in [3.8, 4) is 0 Å². The van der Waals surface area contributed by atoms with Gasteiger partial charge in [0.1, 0.15) is 0 Å². The van der Waals surface area contributed by atoms with Crippen LogP contribution in [0.2, 0.25) is 0 Å². The lowest BCUT2D eigenvalue weighted by Gasteiger charge is -2.37. The molecule has 2 aromatic rings. The topological polar surface area (TPSA) is 79.4 Å². The molecule has 1 N–H and O–H groups in total. The fraction of sp³-hybridized carbons (Fsp3) is 0.481. The van der Waals surface area contributed by atoms with Gasteiger partial charge in [-0.3, -0.25) is 9.78 Å². The zero-order chi connectivity index (χ0) is 24.9. The van der Waals surface area contributed by atoms with Crippen LogP contribution < -0.4 is 4.72 Å². The SMILES string of the molecule is CC1=C[C@H](CNS(=O)(=O)c2ccc(C)cc2)[C@H](C(C)C)C[C@H]1CC(=O)N(C)Cc1cccnc1. The van der Waals surface area contributed by atoms with Gasteiger partial charge in [0.25, 0.3) is 0 Å². The average molecular weight is 484 g/mol. The number of rotatable bonds is 9. The van der Waals surface area contributed by atoms with Crippen LogP contribution in [-0.2, 0) is 21.4 Å². The van der Waals surface area contributed by atoms with E-state index >= 15 is 0 Å². The number of aromatic nitrogens is 1. The summed E-state index contributed by atoms with van der Waals surface area (Å²) in [6.45, 7) is 9.25. The molecule has 0 saturated heterocycles. The molecule has 0 radical (unpaired) electrons. The molecule has 0 bridgehead atoms. The Kier molecular flexibility index (Phi) is 8.66. The first-order valence-corrected chi connectivity index (χ1v) is 13.4. The quantitative estimate of drug-likeness (QED) is 0.530. The number of hydrogen-bond donors (Lipinski definition) is 1. The number of aryl methyl sites for hydroxylation is 1. The van der Waals surface area contributed by atoms with Crippen molar-refractivity contribution in [2.24, 2.45) is 23.7 Å². The van der Waals surface area contributed by atoms with Crippen LogP contribution in [0.3, 0.4) is 0 Å². The summed E-state index contributed by atoms with van der Waals surface area (Å²) in [5.41, 5.74) is 3.20. The first kappa shape index (κ1) is 26.1. The highest BCUT2D eigenvalue weighted by Gasteiger charge is 2.33. The predicted octanol–water partition coefficient (Wildman–Crippen LogP) is 4.57. The number of benzene rings is 1. The molecule has 1 amide bonds. The normalized spacial score (nSPS) is 20.8. The summed E-state index contributed by atoms with van der Waals surface area (Å²) in [6, 6.07) is 10.8. The minimum Gasteiger partial charge on any atom is -0.341 e. The average Bonchev–Trinajstić information content (AvgIpc) is 2.79. The van der Waals surface area contributed by atoms with Crippen molar-refractivity contribution in [1.82, 2.24) is 14.6 Å². The molecule has 0 spiro atoms. The molecular formula is C27H37N3O3S. The number of hydrogen-bond acceptors (Lipinski definition) is 4. The third-order valence-corrected chi connectivity index (χ3v) is 8.35. The Bertz CT molecular complexity index is 1100. The van der Waals surface area contributed by atoms with Crippen LogP contribution in [0.25, 0.3) is 0 Å². The van der Waals surface area contributed by atoms with Gasteiger partial charge in [-0.15, -0.1) is 0 Å². The maximum atomic E-state index is 12.9. The zero-order valence-corrected chi connectivity index (χ0v) is 21.7. The van der Waals surface area contributed by atoms with E-state index in [0.717, 1.165) is 17.5 Å². The molecule has 1 aromatic carbocycles. The van der Waals surface area contributed by atoms with Crippen molar-refractivity contribution in [1.29, 1.82) is 0 Å². The van der Waals surface area contributed by atoms with E-state index in [2.05, 4.69) is 36.6 Å². The molecule has 1 heterocycles. The van der Waals surface area contributed by atoms with E-state index in [-0.39, 0.29) is 22.6 Å². The summed E-state index contributed by atoms with van der Waals surface area (Å²) in [4.78, 5) is 19.1. The van der Waals surface area contributed by atoms with Gasteiger partial charge in [0.15, 0.2) is 0 Å². The fourth-order valence-electron chi connectivity index (χ4n) is 4.73. The Morgan fingerprint density at radius 1 is 1.18 bits per heavy atom. The van der Waals surface area contributed by atoms with Crippen molar-refractivity contribution < 1.29 is 13.2 Å². The van der Waals surface area contributed by atoms with E-state index in [1.54, 1.807) is 29.4 Å². The van der Waals surface area contributed by atoms with Crippen molar-refractivity contribution in [2.75, 3.05) is 13.6 Å². The molecule has 7 heteroatoms. The molecule has 3 atom stereocenters. The molecule has 1 aliphatic carbocycles. The van der Waals surface area contributed by atoms with Gasteiger partial charge in [0.05, 0.1) is 4.90 Å². The monoisotopic (exact) mass is 483 g/mol. The Balaban J connectivity index is 1.66. The minimum absolute atomic E-state index is 0.0969. The summed E-state index contributed by atoms with van der Waals surface area (Å²) in [5.74, 6) is 1.05. The number of allylic oxidation sites excluding steroid dienone is 1. The van der Waals surface area contributed by atoms with Crippen LogP contribution in [-0.4, -0.2) is 37.8 Å². The molecule has 0 fully saturated rings. The third kappa shape index (κ3) is 6.76. The Morgan fingerprint density at radius 2 is 1.88 bits per heavy atom. The summed E-state index contributed by atoms with van der Waals surface area (Å²) in [5, 5.41) is 0. The first-order chi connectivity index (χ1) is 16.1. The molecule has 0 saturated carbocycles. The van der Waals surface area contributed by atoms with Gasteiger partial charge in [-0.25, -0.2) is 13.1 Å². The smallest absolute Gasteiger partial charge is 0.240 e. The summed E-state index contributed by atoms with van der Waals surface area (Å²) < 4.78 is 28.4. The van der Waals surface area contributed by atoms with E-state index in [1.807, 2.05) is 38.2 Å². The Morgan fingerprint density at radius 3 is 2.50 bits per heavy atom. The van der Waals surface area contributed by atoms with E-state index in [1.165, 1.54) is 5.57 Å². The van der Waals surface area contributed by atoms with Crippen molar-refractivity contribution >= 4 is 15.9 Å². The Hall–Kier alpha value is -2.51. The number of amides is 1. The van der Waals surface area contributed by atoms with Gasteiger partial charge in [-0.2, -0.15) is 0 Å². The van der Waals surface area contributed by atoms with E-state index < -0.39 is 10.0 Å². The fourth-order valence-corrected chi connectivity index (χ4v) is 5.81. The number of nitrogens with one attached hydrogen (secondary N) is 1. The molecule has 0 aliphatic heterocycles. The third-order valence-electron chi connectivity index (χ3n) is 6.91. The van der Waals surface area contributed by atoms with E-state index in [9.17, 15) is 13.2 Å². The lowest BCUT2D eigenvalue weighted by molar-refractivity contribution is -0.131. The highest BCUT2D eigenvalue weighted by atomic mass is 32.2. The van der Waals surface area contributed by atoms with Gasteiger partial charge in [0.2, 0.25) is 15.9 Å². The maximum absolute atomic E-state index is 12.9. The number of sulfonamides is 1. The predicted molar refractivity (Wildman–Crippen MR) is 135 cm³/mol. The van der Waals surface area contributed by atoms with Gasteiger partial charge in [-0.1, -0.05) is 49.3 Å². The maximum Gasteiger partial charge on any atom is 0.240 e. The molecule has 34 heavy (non-hydrogen) atoms. The summed E-state index contributed by atoms with van der Waals surface area (Å²) >= 11 is 0. The number of pyridine rings is 1. The second-order valence-corrected chi connectivity index (χ2v) is 11.7. The molecular weight excluding hydrogens is 446 g/mol. The summed E-state index contributed by atoms with van der Waals surface area (Å²) in [6.07, 6.45) is 7.04. The van der Waals surface area contributed by atoms with E-state index in [0.29, 0.717) is 31.3 Å². The number of nitrogens with zero attached hydrogens (tertiary/aromatic N) is 2.